The molecule has 2 aromatic rings. The standard InChI is InChI=1S/C19H19Cl2N3O2/c20-16-4-3-14(17(21)9-16)5-7-23-19(26)15-8-18(25)24(12-15)11-13-2-1-6-22-10-13/h1-4,6,9-10,15H,5,7-8,11-12H2,(H,23,26). The SMILES string of the molecule is O=C(NCCc1ccc(Cl)cc1Cl)C1CC(=O)N(Cc2cccnc2)C1. The molecule has 1 aromatic heterocycles. The van der Waals surface area contributed by atoms with Crippen LogP contribution in [0.15, 0.2) is 42.7 Å². The van der Waals surface area contributed by atoms with Crippen molar-refractivity contribution in [2.24, 2.45) is 5.92 Å². The van der Waals surface area contributed by atoms with Crippen molar-refractivity contribution in [3.8, 4) is 0 Å². The molecule has 0 saturated carbocycles. The van der Waals surface area contributed by atoms with Crippen molar-refractivity contribution >= 4 is 35.0 Å². The maximum Gasteiger partial charge on any atom is 0.225 e. The zero-order valence-electron chi connectivity index (χ0n) is 14.1. The first-order valence-corrected chi connectivity index (χ1v) is 9.17. The fourth-order valence-electron chi connectivity index (χ4n) is 3.00. The molecule has 0 bridgehead atoms. The summed E-state index contributed by atoms with van der Waals surface area (Å²) >= 11 is 12.0. The molecule has 1 aliphatic rings. The molecule has 5 nitrogen and oxygen atoms in total. The molecule has 0 spiro atoms. The molecule has 1 aromatic carbocycles. The maximum absolute atomic E-state index is 12.4. The Morgan fingerprint density at radius 3 is 2.88 bits per heavy atom. The van der Waals surface area contributed by atoms with Crippen LogP contribution in [0.1, 0.15) is 17.5 Å². The number of pyridine rings is 1. The van der Waals surface area contributed by atoms with Crippen molar-refractivity contribution in [1.29, 1.82) is 0 Å². The number of carbonyl (C=O) groups excluding carboxylic acids is 2. The van der Waals surface area contributed by atoms with Crippen LogP contribution in [-0.4, -0.2) is 34.8 Å². The summed E-state index contributed by atoms with van der Waals surface area (Å²) in [4.78, 5) is 30.3. The fourth-order valence-corrected chi connectivity index (χ4v) is 3.50. The molecular formula is C19H19Cl2N3O2. The average Bonchev–Trinajstić information content (AvgIpc) is 2.98. The summed E-state index contributed by atoms with van der Waals surface area (Å²) in [6.07, 6.45) is 4.28. The first-order valence-electron chi connectivity index (χ1n) is 8.41. The van der Waals surface area contributed by atoms with E-state index in [-0.39, 0.29) is 24.2 Å². The molecule has 1 aliphatic heterocycles. The molecular weight excluding hydrogens is 373 g/mol. The normalized spacial score (nSPS) is 16.8. The minimum Gasteiger partial charge on any atom is -0.355 e. The Kier molecular flexibility index (Phi) is 6.12. The van der Waals surface area contributed by atoms with Crippen LogP contribution in [0.2, 0.25) is 10.0 Å². The number of halogens is 2. The van der Waals surface area contributed by atoms with Crippen molar-refractivity contribution in [3.63, 3.8) is 0 Å². The van der Waals surface area contributed by atoms with E-state index in [9.17, 15) is 9.59 Å². The van der Waals surface area contributed by atoms with Gasteiger partial charge in [0, 0.05) is 48.5 Å². The second kappa shape index (κ2) is 8.52. The van der Waals surface area contributed by atoms with E-state index in [1.54, 1.807) is 29.4 Å². The van der Waals surface area contributed by atoms with Gasteiger partial charge in [-0.1, -0.05) is 35.3 Å². The van der Waals surface area contributed by atoms with Crippen molar-refractivity contribution in [2.75, 3.05) is 13.1 Å². The number of amides is 2. The Bertz CT molecular complexity index is 799. The summed E-state index contributed by atoms with van der Waals surface area (Å²) in [6, 6.07) is 9.07. The van der Waals surface area contributed by atoms with Gasteiger partial charge in [-0.05, 0) is 35.7 Å². The fraction of sp³-hybridized carbons (Fsp3) is 0.316. The second-order valence-corrected chi connectivity index (χ2v) is 7.16. The van der Waals surface area contributed by atoms with Gasteiger partial charge in [0.2, 0.25) is 11.8 Å². The van der Waals surface area contributed by atoms with E-state index >= 15 is 0 Å². The number of carbonyl (C=O) groups is 2. The zero-order valence-corrected chi connectivity index (χ0v) is 15.6. The molecule has 1 atom stereocenters. The van der Waals surface area contributed by atoms with Gasteiger partial charge in [-0.3, -0.25) is 14.6 Å². The highest BCUT2D eigenvalue weighted by Crippen LogP contribution is 2.22. The Labute approximate surface area is 162 Å². The number of hydrogen-bond donors (Lipinski definition) is 1. The predicted octanol–water partition coefficient (Wildman–Crippen LogP) is 3.10. The van der Waals surface area contributed by atoms with Crippen LogP contribution in [0.3, 0.4) is 0 Å². The highest BCUT2D eigenvalue weighted by Gasteiger charge is 2.34. The first-order chi connectivity index (χ1) is 12.5. The van der Waals surface area contributed by atoms with Gasteiger partial charge in [-0.2, -0.15) is 0 Å². The van der Waals surface area contributed by atoms with Crippen molar-refractivity contribution in [3.05, 3.63) is 63.9 Å². The number of nitrogens with one attached hydrogen (secondary N) is 1. The minimum atomic E-state index is -0.320. The minimum absolute atomic E-state index is 0.00486. The number of benzene rings is 1. The Morgan fingerprint density at radius 1 is 1.31 bits per heavy atom. The highest BCUT2D eigenvalue weighted by molar-refractivity contribution is 6.35. The van der Waals surface area contributed by atoms with Gasteiger partial charge in [-0.15, -0.1) is 0 Å². The molecule has 1 N–H and O–H groups in total. The monoisotopic (exact) mass is 391 g/mol. The summed E-state index contributed by atoms with van der Waals surface area (Å²) in [5.74, 6) is -0.424. The van der Waals surface area contributed by atoms with Crippen molar-refractivity contribution in [2.45, 2.75) is 19.4 Å². The van der Waals surface area contributed by atoms with Crippen LogP contribution in [0.4, 0.5) is 0 Å². The molecule has 26 heavy (non-hydrogen) atoms. The predicted molar refractivity (Wildman–Crippen MR) is 101 cm³/mol. The highest BCUT2D eigenvalue weighted by atomic mass is 35.5. The third-order valence-corrected chi connectivity index (χ3v) is 4.98. The molecule has 0 aliphatic carbocycles. The number of nitrogens with zero attached hydrogens (tertiary/aromatic N) is 2. The topological polar surface area (TPSA) is 62.3 Å². The summed E-state index contributed by atoms with van der Waals surface area (Å²) in [5.41, 5.74) is 1.89. The lowest BCUT2D eigenvalue weighted by Gasteiger charge is -2.16. The molecule has 2 amide bonds. The molecule has 0 radical (unpaired) electrons. The lowest BCUT2D eigenvalue weighted by atomic mass is 10.1. The van der Waals surface area contributed by atoms with Gasteiger partial charge in [0.15, 0.2) is 0 Å². The Hall–Kier alpha value is -2.11. The van der Waals surface area contributed by atoms with Gasteiger partial charge in [0.1, 0.15) is 0 Å². The Balaban J connectivity index is 1.48. The summed E-state index contributed by atoms with van der Waals surface area (Å²) < 4.78 is 0. The molecule has 7 heteroatoms. The smallest absolute Gasteiger partial charge is 0.225 e. The van der Waals surface area contributed by atoms with Gasteiger partial charge >= 0.3 is 0 Å². The van der Waals surface area contributed by atoms with Crippen molar-refractivity contribution < 1.29 is 9.59 Å². The van der Waals surface area contributed by atoms with Gasteiger partial charge in [0.05, 0.1) is 5.92 Å². The molecule has 1 saturated heterocycles. The van der Waals surface area contributed by atoms with E-state index in [4.69, 9.17) is 23.2 Å². The average molecular weight is 392 g/mol. The van der Waals surface area contributed by atoms with Crippen LogP contribution in [0.25, 0.3) is 0 Å². The number of rotatable bonds is 6. The van der Waals surface area contributed by atoms with E-state index in [2.05, 4.69) is 10.3 Å². The molecule has 2 heterocycles. The van der Waals surface area contributed by atoms with Crippen LogP contribution in [-0.2, 0) is 22.6 Å². The Morgan fingerprint density at radius 2 is 2.15 bits per heavy atom. The molecule has 1 unspecified atom stereocenters. The second-order valence-electron chi connectivity index (χ2n) is 6.31. The largest absolute Gasteiger partial charge is 0.355 e. The van der Waals surface area contributed by atoms with E-state index in [1.807, 2.05) is 18.2 Å². The first kappa shape index (κ1) is 18.7. The lowest BCUT2D eigenvalue weighted by molar-refractivity contribution is -0.129. The molecule has 1 fully saturated rings. The molecule has 136 valence electrons. The van der Waals surface area contributed by atoms with Gasteiger partial charge in [0.25, 0.3) is 0 Å². The van der Waals surface area contributed by atoms with Gasteiger partial charge < -0.3 is 10.2 Å². The van der Waals surface area contributed by atoms with Crippen molar-refractivity contribution in [1.82, 2.24) is 15.2 Å². The summed E-state index contributed by atoms with van der Waals surface area (Å²) in [5, 5.41) is 4.07. The van der Waals surface area contributed by atoms with Crippen LogP contribution in [0, 0.1) is 5.92 Å². The summed E-state index contributed by atoms with van der Waals surface area (Å²) in [7, 11) is 0. The van der Waals surface area contributed by atoms with Crippen LogP contribution >= 0.6 is 23.2 Å². The lowest BCUT2D eigenvalue weighted by Crippen LogP contribution is -2.34. The quantitative estimate of drug-likeness (QED) is 0.822. The summed E-state index contributed by atoms with van der Waals surface area (Å²) in [6.45, 7) is 1.38. The number of hydrogen-bond acceptors (Lipinski definition) is 3. The van der Waals surface area contributed by atoms with E-state index in [1.165, 1.54) is 0 Å². The van der Waals surface area contributed by atoms with E-state index < -0.39 is 0 Å². The zero-order chi connectivity index (χ0) is 18.5. The molecule has 3 rings (SSSR count). The van der Waals surface area contributed by atoms with Crippen LogP contribution in [0.5, 0.6) is 0 Å². The van der Waals surface area contributed by atoms with Gasteiger partial charge in [-0.25, -0.2) is 0 Å². The van der Waals surface area contributed by atoms with E-state index in [0.29, 0.717) is 36.1 Å². The van der Waals surface area contributed by atoms with Crippen LogP contribution < -0.4 is 5.32 Å². The maximum atomic E-state index is 12.4. The number of aromatic nitrogens is 1. The third-order valence-electron chi connectivity index (χ3n) is 4.39. The van der Waals surface area contributed by atoms with E-state index in [0.717, 1.165) is 11.1 Å². The number of likely N-dealkylation sites (tertiary alicyclic amines) is 1. The third kappa shape index (κ3) is 4.74.